The summed E-state index contributed by atoms with van der Waals surface area (Å²) in [5, 5.41) is 0.651. The lowest BCUT2D eigenvalue weighted by atomic mass is 9.91. The second kappa shape index (κ2) is 8.46. The standard InChI is InChI=1S/C23H23ClO3S/c1-5-27-23(25)19-8-6-17(7-9-19)21-15(3)14(2)16(4)22(28(21)26)18-10-12-20(24)13-11-18/h6-14H,5H2,1-4H3. The highest BCUT2D eigenvalue weighted by molar-refractivity contribution is 8.03. The van der Waals surface area contributed by atoms with Crippen LogP contribution in [0.5, 0.6) is 0 Å². The largest absolute Gasteiger partial charge is 0.462 e. The molecule has 2 aromatic carbocycles. The van der Waals surface area contributed by atoms with Crippen molar-refractivity contribution >= 4 is 38.2 Å². The molecule has 0 fully saturated rings. The van der Waals surface area contributed by atoms with Gasteiger partial charge < -0.3 is 4.74 Å². The zero-order valence-corrected chi connectivity index (χ0v) is 18.0. The molecule has 0 N–H and O–H groups in total. The van der Waals surface area contributed by atoms with Gasteiger partial charge in [0.15, 0.2) is 0 Å². The van der Waals surface area contributed by atoms with E-state index in [1.165, 1.54) is 0 Å². The molecule has 2 atom stereocenters. The summed E-state index contributed by atoms with van der Waals surface area (Å²) in [7, 11) is -1.33. The number of rotatable bonds is 4. The van der Waals surface area contributed by atoms with Crippen LogP contribution >= 0.6 is 11.6 Å². The summed E-state index contributed by atoms with van der Waals surface area (Å²) in [5.74, 6) is -0.182. The van der Waals surface area contributed by atoms with Crippen LogP contribution in [0.25, 0.3) is 9.81 Å². The van der Waals surface area contributed by atoms with Gasteiger partial charge in [0.2, 0.25) is 0 Å². The zero-order chi connectivity index (χ0) is 20.4. The molecule has 146 valence electrons. The predicted octanol–water partition coefficient (Wildman–Crippen LogP) is 6.08. The molecule has 2 aromatic rings. The Morgan fingerprint density at radius 2 is 1.43 bits per heavy atom. The highest BCUT2D eigenvalue weighted by Gasteiger charge is 2.30. The molecule has 28 heavy (non-hydrogen) atoms. The maximum atomic E-state index is 13.6. The van der Waals surface area contributed by atoms with Gasteiger partial charge in [-0.3, -0.25) is 0 Å². The Labute approximate surface area is 173 Å². The maximum Gasteiger partial charge on any atom is 0.338 e. The summed E-state index contributed by atoms with van der Waals surface area (Å²) in [6, 6.07) is 14.6. The molecule has 1 heterocycles. The van der Waals surface area contributed by atoms with Crippen molar-refractivity contribution in [1.82, 2.24) is 0 Å². The second-order valence-electron chi connectivity index (χ2n) is 6.82. The number of carbonyl (C=O) groups excluding carboxylic acids is 1. The van der Waals surface area contributed by atoms with E-state index >= 15 is 0 Å². The van der Waals surface area contributed by atoms with Crippen LogP contribution in [0.15, 0.2) is 59.7 Å². The number of allylic oxidation sites excluding steroid dienone is 2. The second-order valence-corrected chi connectivity index (χ2v) is 8.61. The minimum absolute atomic E-state index is 0.170. The molecule has 0 aromatic heterocycles. The van der Waals surface area contributed by atoms with Gasteiger partial charge in [-0.25, -0.2) is 9.00 Å². The van der Waals surface area contributed by atoms with E-state index in [0.717, 1.165) is 32.1 Å². The minimum atomic E-state index is -1.33. The molecule has 3 rings (SSSR count). The molecule has 0 amide bonds. The fourth-order valence-electron chi connectivity index (χ4n) is 3.36. The first-order valence-corrected chi connectivity index (χ1v) is 10.7. The van der Waals surface area contributed by atoms with Crippen molar-refractivity contribution in [1.29, 1.82) is 0 Å². The smallest absolute Gasteiger partial charge is 0.338 e. The Bertz CT molecular complexity index is 986. The molecule has 0 saturated carbocycles. The van der Waals surface area contributed by atoms with Crippen LogP contribution in [0.4, 0.5) is 0 Å². The first kappa shape index (κ1) is 20.6. The molecule has 1 aliphatic heterocycles. The molecule has 0 aliphatic carbocycles. The average Bonchev–Trinajstić information content (AvgIpc) is 2.69. The fourth-order valence-corrected chi connectivity index (χ4v) is 5.32. The fraction of sp³-hybridized carbons (Fsp3) is 0.261. The number of halogens is 1. The first-order chi connectivity index (χ1) is 13.3. The number of hydrogen-bond acceptors (Lipinski definition) is 3. The van der Waals surface area contributed by atoms with Crippen molar-refractivity contribution < 1.29 is 13.7 Å². The maximum absolute atomic E-state index is 13.6. The van der Waals surface area contributed by atoms with Gasteiger partial charge in [-0.2, -0.15) is 0 Å². The van der Waals surface area contributed by atoms with Gasteiger partial charge in [-0.05, 0) is 67.3 Å². The average molecular weight is 415 g/mol. The third-order valence-corrected chi connectivity index (χ3v) is 7.26. The molecular formula is C23H23ClO3S. The Morgan fingerprint density at radius 3 is 1.89 bits per heavy atom. The highest BCUT2D eigenvalue weighted by Crippen LogP contribution is 2.43. The highest BCUT2D eigenvalue weighted by atomic mass is 35.5. The van der Waals surface area contributed by atoms with E-state index < -0.39 is 10.8 Å². The molecule has 1 aliphatic rings. The van der Waals surface area contributed by atoms with Crippen LogP contribution in [0, 0.1) is 5.92 Å². The summed E-state index contributed by atoms with van der Waals surface area (Å²) in [5.41, 5.74) is 4.44. The van der Waals surface area contributed by atoms with Crippen LogP contribution in [-0.4, -0.2) is 16.8 Å². The van der Waals surface area contributed by atoms with Crippen molar-refractivity contribution in [3.63, 3.8) is 0 Å². The van der Waals surface area contributed by atoms with Crippen molar-refractivity contribution in [2.45, 2.75) is 27.7 Å². The van der Waals surface area contributed by atoms with Gasteiger partial charge in [0.25, 0.3) is 0 Å². The van der Waals surface area contributed by atoms with E-state index in [1.54, 1.807) is 19.1 Å². The SMILES string of the molecule is CCOC(=O)c1ccc(C2=C(C)C(C)C(C)=C(c3ccc(Cl)cc3)S2=O)cc1. The van der Waals surface area contributed by atoms with Gasteiger partial charge in [0.05, 0.1) is 32.8 Å². The lowest BCUT2D eigenvalue weighted by Gasteiger charge is -2.28. The van der Waals surface area contributed by atoms with Gasteiger partial charge in [0, 0.05) is 10.9 Å². The van der Waals surface area contributed by atoms with Gasteiger partial charge in [-0.15, -0.1) is 0 Å². The van der Waals surface area contributed by atoms with E-state index in [9.17, 15) is 9.00 Å². The van der Waals surface area contributed by atoms with E-state index in [1.807, 2.05) is 50.2 Å². The van der Waals surface area contributed by atoms with Gasteiger partial charge in [0.1, 0.15) is 0 Å². The van der Waals surface area contributed by atoms with Crippen molar-refractivity contribution in [3.8, 4) is 0 Å². The third kappa shape index (κ3) is 3.85. The summed E-state index contributed by atoms with van der Waals surface area (Å²) in [6.07, 6.45) is 0. The number of carbonyl (C=O) groups is 1. The summed E-state index contributed by atoms with van der Waals surface area (Å²) in [6.45, 7) is 8.31. The topological polar surface area (TPSA) is 43.4 Å². The normalized spacial score (nSPS) is 19.8. The molecule has 0 radical (unpaired) electrons. The van der Waals surface area contributed by atoms with Gasteiger partial charge in [-0.1, -0.05) is 42.8 Å². The number of ether oxygens (including phenoxy) is 1. The minimum Gasteiger partial charge on any atom is -0.462 e. The monoisotopic (exact) mass is 414 g/mol. The zero-order valence-electron chi connectivity index (χ0n) is 16.4. The number of benzene rings is 2. The predicted molar refractivity (Wildman–Crippen MR) is 116 cm³/mol. The van der Waals surface area contributed by atoms with Crippen LogP contribution in [0.3, 0.4) is 0 Å². The molecule has 3 nitrogen and oxygen atoms in total. The molecule has 0 saturated heterocycles. The summed E-state index contributed by atoms with van der Waals surface area (Å²) in [4.78, 5) is 13.5. The van der Waals surface area contributed by atoms with Crippen LogP contribution in [0.1, 0.15) is 49.2 Å². The van der Waals surface area contributed by atoms with Crippen molar-refractivity contribution in [2.24, 2.45) is 5.92 Å². The lowest BCUT2D eigenvalue weighted by molar-refractivity contribution is 0.0526. The molecular weight excluding hydrogens is 392 g/mol. The number of hydrogen-bond donors (Lipinski definition) is 0. The Morgan fingerprint density at radius 1 is 0.964 bits per heavy atom. The Hall–Kier alpha value is -2.17. The van der Waals surface area contributed by atoms with Gasteiger partial charge >= 0.3 is 5.97 Å². The quantitative estimate of drug-likeness (QED) is 0.569. The summed E-state index contributed by atoms with van der Waals surface area (Å²) < 4.78 is 18.6. The first-order valence-electron chi connectivity index (χ1n) is 9.22. The van der Waals surface area contributed by atoms with Crippen LogP contribution in [0.2, 0.25) is 5.02 Å². The van der Waals surface area contributed by atoms with Crippen molar-refractivity contribution in [3.05, 3.63) is 81.4 Å². The molecule has 2 unspecified atom stereocenters. The molecule has 5 heteroatoms. The van der Waals surface area contributed by atoms with E-state index in [0.29, 0.717) is 17.2 Å². The van der Waals surface area contributed by atoms with Crippen molar-refractivity contribution in [2.75, 3.05) is 6.61 Å². The Kier molecular flexibility index (Phi) is 6.21. The molecule has 0 bridgehead atoms. The van der Waals surface area contributed by atoms with E-state index in [4.69, 9.17) is 16.3 Å². The van der Waals surface area contributed by atoms with E-state index in [2.05, 4.69) is 6.92 Å². The third-order valence-electron chi connectivity index (χ3n) is 5.15. The molecule has 0 spiro atoms. The Balaban J connectivity index is 2.02. The van der Waals surface area contributed by atoms with E-state index in [-0.39, 0.29) is 11.9 Å². The van der Waals surface area contributed by atoms with Crippen LogP contribution < -0.4 is 0 Å². The van der Waals surface area contributed by atoms with Crippen LogP contribution in [-0.2, 0) is 15.5 Å². The summed E-state index contributed by atoms with van der Waals surface area (Å²) >= 11 is 6.02. The lowest BCUT2D eigenvalue weighted by Crippen LogP contribution is -2.15. The number of esters is 1.